The fourth-order valence-corrected chi connectivity index (χ4v) is 5.00. The van der Waals surface area contributed by atoms with Gasteiger partial charge in [-0.15, -0.1) is 0 Å². The second-order valence-corrected chi connectivity index (χ2v) is 7.67. The van der Waals surface area contributed by atoms with E-state index in [1.54, 1.807) is 27.9 Å². The average molecular weight is 331 g/mol. The highest BCUT2D eigenvalue weighted by molar-refractivity contribution is 5.84. The van der Waals surface area contributed by atoms with Crippen molar-refractivity contribution in [3.05, 3.63) is 75.4 Å². The largest absolute Gasteiger partial charge is 0.0766 e. The minimum Gasteiger partial charge on any atom is -0.0766 e. The summed E-state index contributed by atoms with van der Waals surface area (Å²) in [4.78, 5) is 0. The van der Waals surface area contributed by atoms with Gasteiger partial charge >= 0.3 is 0 Å². The zero-order valence-electron chi connectivity index (χ0n) is 15.8. The molecule has 0 nitrogen and oxygen atoms in total. The maximum atomic E-state index is 2.52. The third-order valence-electron chi connectivity index (χ3n) is 6.34. The standard InChI is InChI=1S/C25H30/c1-3-18-15-16-25(22(18)4-2)24-12-8-6-10-20(24)17-21-14-13-19-9-5-7-11-23(19)21/h6,8,10,12,14,16H,3-5,7,9,11,13,15,17H2,1-2H3. The molecule has 0 spiro atoms. The van der Waals surface area contributed by atoms with Gasteiger partial charge in [0.05, 0.1) is 0 Å². The highest BCUT2D eigenvalue weighted by atomic mass is 14.3. The van der Waals surface area contributed by atoms with Crippen LogP contribution >= 0.6 is 0 Å². The van der Waals surface area contributed by atoms with Gasteiger partial charge in [-0.25, -0.2) is 0 Å². The summed E-state index contributed by atoms with van der Waals surface area (Å²) in [6.45, 7) is 4.61. The van der Waals surface area contributed by atoms with Crippen LogP contribution in [0, 0.1) is 0 Å². The molecule has 3 aliphatic carbocycles. The molecule has 0 fully saturated rings. The van der Waals surface area contributed by atoms with Crippen molar-refractivity contribution in [2.45, 2.75) is 71.6 Å². The molecule has 25 heavy (non-hydrogen) atoms. The molecule has 0 heterocycles. The van der Waals surface area contributed by atoms with Gasteiger partial charge in [-0.05, 0) is 91.2 Å². The van der Waals surface area contributed by atoms with Crippen molar-refractivity contribution < 1.29 is 0 Å². The summed E-state index contributed by atoms with van der Waals surface area (Å²) in [7, 11) is 0. The van der Waals surface area contributed by atoms with Gasteiger partial charge in [0.2, 0.25) is 0 Å². The summed E-state index contributed by atoms with van der Waals surface area (Å²) in [5.41, 5.74) is 12.8. The quantitative estimate of drug-likeness (QED) is 0.530. The normalized spacial score (nSPS) is 20.1. The predicted molar refractivity (Wildman–Crippen MR) is 109 cm³/mol. The molecule has 0 saturated heterocycles. The van der Waals surface area contributed by atoms with Crippen molar-refractivity contribution in [3.8, 4) is 0 Å². The van der Waals surface area contributed by atoms with E-state index >= 15 is 0 Å². The van der Waals surface area contributed by atoms with Gasteiger partial charge < -0.3 is 0 Å². The first-order valence-corrected chi connectivity index (χ1v) is 10.2. The van der Waals surface area contributed by atoms with Crippen LogP contribution in [0.5, 0.6) is 0 Å². The smallest absolute Gasteiger partial charge is 0.00199 e. The van der Waals surface area contributed by atoms with Crippen LogP contribution in [0.2, 0.25) is 0 Å². The zero-order valence-corrected chi connectivity index (χ0v) is 15.8. The molecule has 0 aliphatic heterocycles. The van der Waals surface area contributed by atoms with Gasteiger partial charge in [-0.1, -0.05) is 61.4 Å². The third-order valence-corrected chi connectivity index (χ3v) is 6.34. The first-order valence-electron chi connectivity index (χ1n) is 10.2. The summed E-state index contributed by atoms with van der Waals surface area (Å²) < 4.78 is 0. The molecule has 0 heteroatoms. The molecule has 0 bridgehead atoms. The molecular formula is C25H30. The monoisotopic (exact) mass is 330 g/mol. The van der Waals surface area contributed by atoms with Crippen LogP contribution in [0.3, 0.4) is 0 Å². The first kappa shape index (κ1) is 16.6. The highest BCUT2D eigenvalue weighted by Crippen LogP contribution is 2.41. The topological polar surface area (TPSA) is 0 Å². The molecule has 4 rings (SSSR count). The lowest BCUT2D eigenvalue weighted by atomic mass is 9.86. The Morgan fingerprint density at radius 1 is 0.880 bits per heavy atom. The van der Waals surface area contributed by atoms with E-state index in [4.69, 9.17) is 0 Å². The Morgan fingerprint density at radius 3 is 2.56 bits per heavy atom. The molecular weight excluding hydrogens is 300 g/mol. The van der Waals surface area contributed by atoms with Gasteiger partial charge in [-0.2, -0.15) is 0 Å². The Kier molecular flexibility index (Phi) is 4.79. The van der Waals surface area contributed by atoms with E-state index in [2.05, 4.69) is 50.3 Å². The van der Waals surface area contributed by atoms with Crippen LogP contribution in [-0.4, -0.2) is 0 Å². The fraction of sp³-hybridized carbons (Fsp3) is 0.440. The van der Waals surface area contributed by atoms with Crippen LogP contribution < -0.4 is 0 Å². The second-order valence-electron chi connectivity index (χ2n) is 7.67. The summed E-state index contributed by atoms with van der Waals surface area (Å²) in [5.74, 6) is 0. The van der Waals surface area contributed by atoms with Crippen molar-refractivity contribution in [1.29, 1.82) is 0 Å². The van der Waals surface area contributed by atoms with Crippen LogP contribution in [0.15, 0.2) is 64.3 Å². The molecule has 130 valence electrons. The Bertz CT molecular complexity index is 795. The zero-order chi connectivity index (χ0) is 17.2. The minimum absolute atomic E-state index is 1.12. The molecule has 0 atom stereocenters. The Morgan fingerprint density at radius 2 is 1.72 bits per heavy atom. The van der Waals surface area contributed by atoms with E-state index in [1.165, 1.54) is 55.2 Å². The molecule has 0 saturated carbocycles. The lowest BCUT2D eigenvalue weighted by Gasteiger charge is -2.19. The van der Waals surface area contributed by atoms with Crippen molar-refractivity contribution in [1.82, 2.24) is 0 Å². The Hall–Kier alpha value is -1.82. The highest BCUT2D eigenvalue weighted by Gasteiger charge is 2.23. The van der Waals surface area contributed by atoms with Crippen molar-refractivity contribution in [3.63, 3.8) is 0 Å². The third kappa shape index (κ3) is 3.08. The summed E-state index contributed by atoms with van der Waals surface area (Å²) in [5, 5.41) is 0. The predicted octanol–water partition coefficient (Wildman–Crippen LogP) is 7.33. The summed E-state index contributed by atoms with van der Waals surface area (Å²) >= 11 is 0. The molecule has 0 N–H and O–H groups in total. The lowest BCUT2D eigenvalue weighted by Crippen LogP contribution is -2.02. The Labute approximate surface area is 153 Å². The average Bonchev–Trinajstić information content (AvgIpc) is 3.26. The van der Waals surface area contributed by atoms with Crippen molar-refractivity contribution in [2.24, 2.45) is 0 Å². The number of allylic oxidation sites excluding steroid dienone is 8. The van der Waals surface area contributed by atoms with E-state index in [9.17, 15) is 0 Å². The molecule has 1 aromatic carbocycles. The molecule has 0 aromatic heterocycles. The van der Waals surface area contributed by atoms with E-state index in [0.29, 0.717) is 0 Å². The van der Waals surface area contributed by atoms with Crippen LogP contribution in [0.4, 0.5) is 0 Å². The van der Waals surface area contributed by atoms with Gasteiger partial charge in [0.1, 0.15) is 0 Å². The van der Waals surface area contributed by atoms with Crippen molar-refractivity contribution in [2.75, 3.05) is 0 Å². The second kappa shape index (κ2) is 7.20. The molecule has 0 unspecified atom stereocenters. The molecule has 0 radical (unpaired) electrons. The summed E-state index contributed by atoms with van der Waals surface area (Å²) in [6, 6.07) is 9.14. The van der Waals surface area contributed by atoms with E-state index in [0.717, 1.165) is 19.3 Å². The molecule has 1 aromatic rings. The SMILES string of the molecule is CCC1=C(CC)C(c2ccccc2CC2=CCC3=C2CCCC3)=CC1. The van der Waals surface area contributed by atoms with E-state index in [1.807, 2.05) is 0 Å². The van der Waals surface area contributed by atoms with Crippen LogP contribution in [0.1, 0.15) is 76.3 Å². The maximum absolute atomic E-state index is 2.52. The number of benzene rings is 1. The molecule has 3 aliphatic rings. The minimum atomic E-state index is 1.12. The number of rotatable bonds is 5. The Balaban J connectivity index is 1.65. The lowest BCUT2D eigenvalue weighted by molar-refractivity contribution is 0.675. The van der Waals surface area contributed by atoms with Gasteiger partial charge in [0.15, 0.2) is 0 Å². The maximum Gasteiger partial charge on any atom is -0.00199 e. The fourth-order valence-electron chi connectivity index (χ4n) is 5.00. The van der Waals surface area contributed by atoms with Gasteiger partial charge in [-0.3, -0.25) is 0 Å². The van der Waals surface area contributed by atoms with Gasteiger partial charge in [0, 0.05) is 0 Å². The van der Waals surface area contributed by atoms with Crippen LogP contribution in [-0.2, 0) is 6.42 Å². The van der Waals surface area contributed by atoms with Crippen LogP contribution in [0.25, 0.3) is 5.57 Å². The number of hydrogen-bond donors (Lipinski definition) is 0. The van der Waals surface area contributed by atoms with E-state index < -0.39 is 0 Å². The molecule has 0 amide bonds. The number of hydrogen-bond acceptors (Lipinski definition) is 0. The summed E-state index contributed by atoms with van der Waals surface area (Å²) in [6.07, 6.45) is 16.3. The first-order chi connectivity index (χ1) is 12.3. The van der Waals surface area contributed by atoms with E-state index in [-0.39, 0.29) is 0 Å². The van der Waals surface area contributed by atoms with Gasteiger partial charge in [0.25, 0.3) is 0 Å². The van der Waals surface area contributed by atoms with Crippen molar-refractivity contribution >= 4 is 5.57 Å².